The van der Waals surface area contributed by atoms with Crippen LogP contribution < -0.4 is 5.32 Å². The molecule has 1 aliphatic rings. The molecule has 0 fully saturated rings. The second-order valence-electron chi connectivity index (χ2n) is 15.0. The summed E-state index contributed by atoms with van der Waals surface area (Å²) in [6.07, 6.45) is -18.8. The van der Waals surface area contributed by atoms with Crippen LogP contribution in [0.2, 0.25) is 49.8 Å². The van der Waals surface area contributed by atoms with Crippen LogP contribution >= 0.6 is 81.8 Å². The minimum atomic E-state index is -4.85. The highest BCUT2D eigenvalue weighted by molar-refractivity contribution is 7.80. The van der Waals surface area contributed by atoms with Crippen molar-refractivity contribution in [1.82, 2.24) is 5.32 Å². The Morgan fingerprint density at radius 2 is 1.15 bits per heavy atom. The number of aliphatic imine (C=N–C) groups is 1. The SMILES string of the molecule is C=C(c1cc(Cl)c(Cl)c(Cl)c1)C(F)(F)F.C[Si](C)(C)CNC(=S)c1ccc(C#N)c(C(F)(F)F)c1.N#Cc1ccc(C2=NCC(c3cc(Cl)c(Cl)c(Cl)c3)(C(F)(F)F)C2)cc1C(F)(F)F. The van der Waals surface area contributed by atoms with E-state index in [2.05, 4.69) is 36.5 Å². The van der Waals surface area contributed by atoms with Gasteiger partial charge in [0.2, 0.25) is 0 Å². The van der Waals surface area contributed by atoms with Crippen LogP contribution in [0.15, 0.2) is 72.2 Å². The zero-order valence-corrected chi connectivity index (χ0v) is 39.5. The quantitative estimate of drug-likeness (QED) is 0.0904. The molecule has 0 saturated heterocycles. The van der Waals surface area contributed by atoms with Gasteiger partial charge in [0.15, 0.2) is 0 Å². The molecule has 0 bridgehead atoms. The van der Waals surface area contributed by atoms with Gasteiger partial charge in [-0.25, -0.2) is 0 Å². The molecule has 0 aliphatic carbocycles. The molecule has 1 atom stereocenters. The average molecular weight is 1080 g/mol. The molecule has 65 heavy (non-hydrogen) atoms. The second kappa shape index (κ2) is 21.1. The Morgan fingerprint density at radius 1 is 0.708 bits per heavy atom. The topological polar surface area (TPSA) is 72.0 Å². The average Bonchev–Trinajstić information content (AvgIpc) is 3.67. The Balaban J connectivity index is 0.000000278. The Morgan fingerprint density at radius 3 is 1.57 bits per heavy atom. The summed E-state index contributed by atoms with van der Waals surface area (Å²) < 4.78 is 157. The zero-order valence-electron chi connectivity index (χ0n) is 33.2. The number of nitrogens with one attached hydrogen (secondary N) is 1. The van der Waals surface area contributed by atoms with Crippen LogP contribution in [0, 0.1) is 22.7 Å². The molecule has 5 rings (SSSR count). The minimum Gasteiger partial charge on any atom is -0.379 e. The minimum absolute atomic E-state index is 0.0251. The van der Waals surface area contributed by atoms with Crippen molar-refractivity contribution in [2.24, 2.45) is 4.99 Å². The summed E-state index contributed by atoms with van der Waals surface area (Å²) in [6.45, 7) is 8.54. The normalized spacial score (nSPS) is 15.3. The standard InChI is InChI=1S/C19H9Cl3F6N2.C13H15F3N2SSi.C9H4Cl3F3/c20-13-4-11(5-14(21)16(13)22)17(19(26,27)28)6-15(30-8-17)9-1-2-10(7-29)12(3-9)18(23,24)25;1-20(2,3)8-18-12(19)9-4-5-10(7-17)11(6-9)13(14,15)16;1-4(9(13,14)15)5-2-6(10)8(12)7(11)3-5/h1-5H,6,8H2;4-6H,8H2,1-3H3,(H,18,19);2-3H,1H2. The molecule has 0 saturated carbocycles. The number of nitrogens with zero attached hydrogens (tertiary/aromatic N) is 3. The molecule has 348 valence electrons. The van der Waals surface area contributed by atoms with Crippen molar-refractivity contribution in [3.05, 3.63) is 142 Å². The van der Waals surface area contributed by atoms with E-state index in [1.165, 1.54) is 12.1 Å². The molecule has 0 spiro atoms. The van der Waals surface area contributed by atoms with Crippen LogP contribution in [-0.4, -0.2) is 43.8 Å². The first-order chi connectivity index (χ1) is 29.6. The summed E-state index contributed by atoms with van der Waals surface area (Å²) in [6, 6.07) is 13.4. The molecule has 4 nitrogen and oxygen atoms in total. The van der Waals surface area contributed by atoms with Gasteiger partial charge in [-0.3, -0.25) is 4.99 Å². The number of rotatable bonds is 6. The van der Waals surface area contributed by atoms with E-state index in [1.807, 2.05) is 0 Å². The predicted octanol–water partition coefficient (Wildman–Crippen LogP) is 16.2. The summed E-state index contributed by atoms with van der Waals surface area (Å²) in [5, 5.41) is 20.1. The van der Waals surface area contributed by atoms with Crippen molar-refractivity contribution in [1.29, 1.82) is 10.5 Å². The van der Waals surface area contributed by atoms with Crippen molar-refractivity contribution >= 4 is 106 Å². The van der Waals surface area contributed by atoms with E-state index in [0.29, 0.717) is 12.2 Å². The number of nitriles is 2. The van der Waals surface area contributed by atoms with Crippen LogP contribution in [0.25, 0.3) is 5.57 Å². The molecule has 0 aromatic heterocycles. The molecule has 1 unspecified atom stereocenters. The fourth-order valence-electron chi connectivity index (χ4n) is 5.61. The van der Waals surface area contributed by atoms with Crippen molar-refractivity contribution < 1.29 is 52.7 Å². The summed E-state index contributed by atoms with van der Waals surface area (Å²) in [5.41, 5.74) is -7.30. The lowest BCUT2D eigenvalue weighted by molar-refractivity contribution is -0.183. The highest BCUT2D eigenvalue weighted by atomic mass is 35.5. The maximum Gasteiger partial charge on any atom is 0.417 e. The first-order valence-electron chi connectivity index (χ1n) is 17.7. The van der Waals surface area contributed by atoms with Gasteiger partial charge in [-0.2, -0.15) is 63.2 Å². The smallest absolute Gasteiger partial charge is 0.379 e. The summed E-state index contributed by atoms with van der Waals surface area (Å²) in [5.74, 6) is 0. The van der Waals surface area contributed by atoms with E-state index in [-0.39, 0.29) is 63.1 Å². The molecular weight excluding hydrogens is 1050 g/mol. The number of benzene rings is 4. The highest BCUT2D eigenvalue weighted by Crippen LogP contribution is 2.50. The lowest BCUT2D eigenvalue weighted by atomic mass is 9.76. The van der Waals surface area contributed by atoms with Gasteiger partial charge in [-0.1, -0.05) is 120 Å². The third kappa shape index (κ3) is 14.2. The van der Waals surface area contributed by atoms with Gasteiger partial charge in [0.05, 0.1) is 84.7 Å². The van der Waals surface area contributed by atoms with E-state index in [0.717, 1.165) is 48.5 Å². The van der Waals surface area contributed by atoms with Gasteiger partial charge >= 0.3 is 24.7 Å². The van der Waals surface area contributed by atoms with Gasteiger partial charge in [0.1, 0.15) is 10.4 Å². The third-order valence-electron chi connectivity index (χ3n) is 9.03. The molecule has 4 aromatic rings. The number of halogens is 18. The molecule has 24 heteroatoms. The molecule has 4 aromatic carbocycles. The Labute approximate surface area is 400 Å². The van der Waals surface area contributed by atoms with Crippen LogP contribution in [0.5, 0.6) is 0 Å². The van der Waals surface area contributed by atoms with Gasteiger partial charge in [-0.05, 0) is 65.2 Å². The lowest BCUT2D eigenvalue weighted by Gasteiger charge is -2.32. The lowest BCUT2D eigenvalue weighted by Crippen LogP contribution is -2.43. The van der Waals surface area contributed by atoms with Crippen LogP contribution in [0.1, 0.15) is 50.9 Å². The van der Waals surface area contributed by atoms with E-state index < -0.39 is 79.0 Å². The molecule has 1 aliphatic heterocycles. The largest absolute Gasteiger partial charge is 0.417 e. The fraction of sp³-hybridized carbons (Fsp3) is 0.268. The first-order valence-corrected chi connectivity index (χ1v) is 24.1. The van der Waals surface area contributed by atoms with Crippen LogP contribution in [-0.2, 0) is 17.8 Å². The summed E-state index contributed by atoms with van der Waals surface area (Å²) >= 11 is 39.5. The molecule has 1 heterocycles. The number of hydrogen-bond acceptors (Lipinski definition) is 4. The predicted molar refractivity (Wildman–Crippen MR) is 237 cm³/mol. The van der Waals surface area contributed by atoms with Gasteiger partial charge in [0.25, 0.3) is 0 Å². The Hall–Kier alpha value is -3.72. The first kappa shape index (κ1) is 55.6. The third-order valence-corrected chi connectivity index (χ3v) is 13.0. The Bertz CT molecular complexity index is 2550. The Kier molecular flexibility index (Phi) is 18.0. The van der Waals surface area contributed by atoms with Crippen molar-refractivity contribution in [2.75, 3.05) is 12.7 Å². The molecule has 1 N–H and O–H groups in total. The maximum absolute atomic E-state index is 14.1. The highest BCUT2D eigenvalue weighted by Gasteiger charge is 2.59. The molecule has 0 radical (unpaired) electrons. The van der Waals surface area contributed by atoms with Gasteiger partial charge < -0.3 is 5.32 Å². The monoisotopic (exact) mass is 1070 g/mol. The van der Waals surface area contributed by atoms with Crippen LogP contribution in [0.4, 0.5) is 52.7 Å². The number of allylic oxidation sites excluding steroid dienone is 1. The maximum atomic E-state index is 14.1. The van der Waals surface area contributed by atoms with Crippen molar-refractivity contribution in [3.63, 3.8) is 0 Å². The van der Waals surface area contributed by atoms with E-state index in [4.69, 9.17) is 92.3 Å². The van der Waals surface area contributed by atoms with Crippen molar-refractivity contribution in [2.45, 2.75) is 56.2 Å². The fourth-order valence-corrected chi connectivity index (χ4v) is 7.84. The van der Waals surface area contributed by atoms with Gasteiger partial charge in [-0.15, -0.1) is 0 Å². The number of thiocarbonyl (C=S) groups is 1. The van der Waals surface area contributed by atoms with E-state index >= 15 is 0 Å². The zero-order chi connectivity index (χ0) is 49.8. The number of alkyl halides is 12. The summed E-state index contributed by atoms with van der Waals surface area (Å²) in [7, 11) is -1.39. The second-order valence-corrected chi connectivity index (χ2v) is 23.3. The molecular formula is C41H28Cl6F12N4SSi. The van der Waals surface area contributed by atoms with E-state index in [9.17, 15) is 52.7 Å². The van der Waals surface area contributed by atoms with Crippen LogP contribution in [0.3, 0.4) is 0 Å². The van der Waals surface area contributed by atoms with Crippen molar-refractivity contribution in [3.8, 4) is 12.1 Å². The van der Waals surface area contributed by atoms with E-state index in [1.54, 1.807) is 6.07 Å². The van der Waals surface area contributed by atoms with Gasteiger partial charge in [0, 0.05) is 23.9 Å². The molecule has 0 amide bonds. The number of hydrogen-bond donors (Lipinski definition) is 1. The summed E-state index contributed by atoms with van der Waals surface area (Å²) in [4.78, 5) is 4.17.